The number of nitrogens with one attached hydrogen (secondary N) is 2. The molecule has 0 saturated heterocycles. The molecular formula is C15H18N2O3. The maximum Gasteiger partial charge on any atom is 0.252 e. The summed E-state index contributed by atoms with van der Waals surface area (Å²) in [6, 6.07) is 8.56. The van der Waals surface area contributed by atoms with Crippen LogP contribution in [0.2, 0.25) is 0 Å². The molecule has 0 aliphatic rings. The summed E-state index contributed by atoms with van der Waals surface area (Å²) in [7, 11) is 0. The Bertz CT molecular complexity index is 649. The van der Waals surface area contributed by atoms with Crippen molar-refractivity contribution in [2.75, 3.05) is 13.2 Å². The first-order chi connectivity index (χ1) is 9.72. The number of rotatable bonds is 6. The topological polar surface area (TPSA) is 82.2 Å². The number of carbonyl (C=O) groups excluding carboxylic acids is 1. The highest BCUT2D eigenvalue weighted by molar-refractivity contribution is 6.05. The SMILES string of the molecule is O=C(NCCCCCO)c1cc(=O)[nH]c2ccccc12. The molecule has 2 rings (SSSR count). The minimum atomic E-state index is -0.283. The lowest BCUT2D eigenvalue weighted by Gasteiger charge is -2.07. The van der Waals surface area contributed by atoms with Gasteiger partial charge in [0.2, 0.25) is 5.56 Å². The number of aromatic amines is 1. The van der Waals surface area contributed by atoms with E-state index in [0.29, 0.717) is 17.6 Å². The van der Waals surface area contributed by atoms with E-state index >= 15 is 0 Å². The number of aliphatic hydroxyl groups excluding tert-OH is 1. The van der Waals surface area contributed by atoms with Gasteiger partial charge < -0.3 is 15.4 Å². The second-order valence-corrected chi connectivity index (χ2v) is 4.63. The zero-order valence-corrected chi connectivity index (χ0v) is 11.2. The number of para-hydroxylation sites is 1. The lowest BCUT2D eigenvalue weighted by Crippen LogP contribution is -2.26. The van der Waals surface area contributed by atoms with Crippen molar-refractivity contribution in [3.8, 4) is 0 Å². The second kappa shape index (κ2) is 6.86. The Morgan fingerprint density at radius 1 is 1.20 bits per heavy atom. The van der Waals surface area contributed by atoms with Crippen molar-refractivity contribution in [2.24, 2.45) is 0 Å². The summed E-state index contributed by atoms with van der Waals surface area (Å²) in [6.45, 7) is 0.715. The molecule has 1 amide bonds. The fourth-order valence-electron chi connectivity index (χ4n) is 2.10. The van der Waals surface area contributed by atoms with E-state index in [9.17, 15) is 9.59 Å². The molecule has 5 nitrogen and oxygen atoms in total. The fraction of sp³-hybridized carbons (Fsp3) is 0.333. The number of hydrogen-bond donors (Lipinski definition) is 3. The molecule has 1 heterocycles. The van der Waals surface area contributed by atoms with E-state index in [1.54, 1.807) is 6.07 Å². The Labute approximate surface area is 116 Å². The van der Waals surface area contributed by atoms with E-state index in [1.807, 2.05) is 18.2 Å². The molecule has 0 unspecified atom stereocenters. The Morgan fingerprint density at radius 3 is 2.80 bits per heavy atom. The molecule has 0 aliphatic carbocycles. The van der Waals surface area contributed by atoms with E-state index < -0.39 is 0 Å². The van der Waals surface area contributed by atoms with Crippen LogP contribution in [0, 0.1) is 0 Å². The number of carbonyl (C=O) groups is 1. The monoisotopic (exact) mass is 274 g/mol. The molecule has 2 aromatic rings. The molecule has 0 radical (unpaired) electrons. The first-order valence-corrected chi connectivity index (χ1v) is 6.73. The van der Waals surface area contributed by atoms with Gasteiger partial charge in [0.1, 0.15) is 0 Å². The van der Waals surface area contributed by atoms with Crippen LogP contribution in [0.1, 0.15) is 29.6 Å². The van der Waals surface area contributed by atoms with Crippen molar-refractivity contribution >= 4 is 16.8 Å². The zero-order valence-electron chi connectivity index (χ0n) is 11.2. The van der Waals surface area contributed by atoms with Gasteiger partial charge in [-0.15, -0.1) is 0 Å². The molecule has 0 bridgehead atoms. The largest absolute Gasteiger partial charge is 0.396 e. The van der Waals surface area contributed by atoms with E-state index in [4.69, 9.17) is 5.11 Å². The van der Waals surface area contributed by atoms with Crippen LogP contribution in [0.5, 0.6) is 0 Å². The summed E-state index contributed by atoms with van der Waals surface area (Å²) in [4.78, 5) is 26.4. The van der Waals surface area contributed by atoms with Gasteiger partial charge in [0.25, 0.3) is 5.91 Å². The summed E-state index contributed by atoms with van der Waals surface area (Å²) in [5.74, 6) is -0.240. The van der Waals surface area contributed by atoms with Crippen LogP contribution in [0.25, 0.3) is 10.9 Å². The van der Waals surface area contributed by atoms with Gasteiger partial charge in [-0.2, -0.15) is 0 Å². The Morgan fingerprint density at radius 2 is 2.00 bits per heavy atom. The molecule has 0 atom stereocenters. The molecular weight excluding hydrogens is 256 g/mol. The predicted octanol–water partition coefficient (Wildman–Crippen LogP) is 1.42. The molecule has 0 spiro atoms. The number of pyridine rings is 1. The summed E-state index contributed by atoms with van der Waals surface area (Å²) in [6.07, 6.45) is 2.42. The maximum atomic E-state index is 12.1. The van der Waals surface area contributed by atoms with Crippen molar-refractivity contribution in [1.82, 2.24) is 10.3 Å². The van der Waals surface area contributed by atoms with Crippen molar-refractivity contribution in [3.05, 3.63) is 46.2 Å². The molecule has 1 aromatic heterocycles. The van der Waals surface area contributed by atoms with Crippen LogP contribution in [0.15, 0.2) is 35.1 Å². The smallest absolute Gasteiger partial charge is 0.252 e. The molecule has 106 valence electrons. The summed E-state index contributed by atoms with van der Waals surface area (Å²) >= 11 is 0. The standard InChI is InChI=1S/C15H18N2O3/c18-9-5-1-4-8-16-15(20)12-10-14(19)17-13-7-3-2-6-11(12)13/h2-3,6-7,10,18H,1,4-5,8-9H2,(H,16,20)(H,17,19). The van der Waals surface area contributed by atoms with Crippen LogP contribution >= 0.6 is 0 Å². The maximum absolute atomic E-state index is 12.1. The number of H-pyrrole nitrogens is 1. The summed E-state index contributed by atoms with van der Waals surface area (Å²) in [5.41, 5.74) is 0.770. The minimum Gasteiger partial charge on any atom is -0.396 e. The first-order valence-electron chi connectivity index (χ1n) is 6.73. The highest BCUT2D eigenvalue weighted by Crippen LogP contribution is 2.14. The van der Waals surface area contributed by atoms with Crippen LogP contribution in [0.4, 0.5) is 0 Å². The second-order valence-electron chi connectivity index (χ2n) is 4.63. The molecule has 5 heteroatoms. The van der Waals surface area contributed by atoms with Crippen LogP contribution in [-0.4, -0.2) is 29.1 Å². The van der Waals surface area contributed by atoms with Gasteiger partial charge in [-0.25, -0.2) is 0 Å². The zero-order chi connectivity index (χ0) is 14.4. The number of fused-ring (bicyclic) bond motifs is 1. The summed E-state index contributed by atoms with van der Waals surface area (Å²) in [5, 5.41) is 12.2. The number of amides is 1. The van der Waals surface area contributed by atoms with Gasteiger partial charge in [-0.1, -0.05) is 18.2 Å². The van der Waals surface area contributed by atoms with E-state index in [1.165, 1.54) is 6.07 Å². The van der Waals surface area contributed by atoms with Crippen LogP contribution in [-0.2, 0) is 0 Å². The lowest BCUT2D eigenvalue weighted by atomic mass is 10.1. The Balaban J connectivity index is 2.11. The average Bonchev–Trinajstić information content (AvgIpc) is 2.46. The van der Waals surface area contributed by atoms with Crippen LogP contribution < -0.4 is 10.9 Å². The molecule has 0 aliphatic heterocycles. The number of unbranched alkanes of at least 4 members (excludes halogenated alkanes) is 2. The van der Waals surface area contributed by atoms with E-state index in [-0.39, 0.29) is 18.1 Å². The highest BCUT2D eigenvalue weighted by atomic mass is 16.2. The molecule has 1 aromatic carbocycles. The van der Waals surface area contributed by atoms with Gasteiger partial charge in [-0.3, -0.25) is 9.59 Å². The third-order valence-electron chi connectivity index (χ3n) is 3.12. The van der Waals surface area contributed by atoms with Crippen LogP contribution in [0.3, 0.4) is 0 Å². The van der Waals surface area contributed by atoms with Crippen molar-refractivity contribution in [1.29, 1.82) is 0 Å². The molecule has 3 N–H and O–H groups in total. The number of aliphatic hydroxyl groups is 1. The van der Waals surface area contributed by atoms with Gasteiger partial charge in [0.05, 0.1) is 5.56 Å². The third-order valence-corrected chi connectivity index (χ3v) is 3.12. The van der Waals surface area contributed by atoms with Crippen molar-refractivity contribution in [2.45, 2.75) is 19.3 Å². The number of aromatic nitrogens is 1. The predicted molar refractivity (Wildman–Crippen MR) is 77.8 cm³/mol. The number of hydrogen-bond acceptors (Lipinski definition) is 3. The van der Waals surface area contributed by atoms with Gasteiger partial charge in [0, 0.05) is 30.1 Å². The minimum absolute atomic E-state index is 0.173. The van der Waals surface area contributed by atoms with E-state index in [0.717, 1.165) is 24.6 Å². The fourth-order valence-corrected chi connectivity index (χ4v) is 2.10. The molecule has 0 saturated carbocycles. The molecule has 20 heavy (non-hydrogen) atoms. The Kier molecular flexibility index (Phi) is 4.90. The first kappa shape index (κ1) is 14.3. The van der Waals surface area contributed by atoms with Gasteiger partial charge >= 0.3 is 0 Å². The Hall–Kier alpha value is -2.14. The highest BCUT2D eigenvalue weighted by Gasteiger charge is 2.10. The van der Waals surface area contributed by atoms with Crippen molar-refractivity contribution in [3.63, 3.8) is 0 Å². The average molecular weight is 274 g/mol. The molecule has 0 fully saturated rings. The van der Waals surface area contributed by atoms with Gasteiger partial charge in [-0.05, 0) is 25.3 Å². The normalized spacial score (nSPS) is 10.7. The van der Waals surface area contributed by atoms with Gasteiger partial charge in [0.15, 0.2) is 0 Å². The van der Waals surface area contributed by atoms with Crippen molar-refractivity contribution < 1.29 is 9.90 Å². The quantitative estimate of drug-likeness (QED) is 0.697. The summed E-state index contributed by atoms with van der Waals surface area (Å²) < 4.78 is 0. The number of benzene rings is 1. The third kappa shape index (κ3) is 3.45. The lowest BCUT2D eigenvalue weighted by molar-refractivity contribution is 0.0954. The van der Waals surface area contributed by atoms with E-state index in [2.05, 4.69) is 10.3 Å².